The van der Waals surface area contributed by atoms with Gasteiger partial charge in [0.2, 0.25) is 0 Å². The summed E-state index contributed by atoms with van der Waals surface area (Å²) >= 11 is 0. The Kier molecular flexibility index (Phi) is 3.15. The molecule has 1 aromatic carbocycles. The Morgan fingerprint density at radius 2 is 2.09 bits per heavy atom. The molecule has 0 aromatic heterocycles. The first-order chi connectivity index (χ1) is 10.5. The fraction of sp³-hybridized carbons (Fsp3) is 0.650. The van der Waals surface area contributed by atoms with E-state index < -0.39 is 0 Å². The second kappa shape index (κ2) is 4.84. The summed E-state index contributed by atoms with van der Waals surface area (Å²) < 4.78 is 5.39. The minimum Gasteiger partial charge on any atom is -0.497 e. The quantitative estimate of drug-likeness (QED) is 0.769. The Balaban J connectivity index is 1.70. The fourth-order valence-electron chi connectivity index (χ4n) is 5.80. The lowest BCUT2D eigenvalue weighted by Crippen LogP contribution is -2.42. The first kappa shape index (κ1) is 14.3. The van der Waals surface area contributed by atoms with Crippen LogP contribution in [0.15, 0.2) is 18.2 Å². The predicted octanol–water partition coefficient (Wildman–Crippen LogP) is 4.37. The Hall–Kier alpha value is -1.31. The van der Waals surface area contributed by atoms with Crippen LogP contribution in [0.5, 0.6) is 5.75 Å². The van der Waals surface area contributed by atoms with Gasteiger partial charge < -0.3 is 4.74 Å². The topological polar surface area (TPSA) is 26.3 Å². The predicted molar refractivity (Wildman–Crippen MR) is 87.2 cm³/mol. The molecule has 0 bridgehead atoms. The van der Waals surface area contributed by atoms with Crippen molar-refractivity contribution in [2.45, 2.75) is 51.9 Å². The molecule has 0 spiro atoms. The van der Waals surface area contributed by atoms with E-state index in [-0.39, 0.29) is 11.3 Å². The third-order valence-corrected chi connectivity index (χ3v) is 6.94. The van der Waals surface area contributed by atoms with Gasteiger partial charge >= 0.3 is 0 Å². The molecule has 5 atom stereocenters. The smallest absolute Gasteiger partial charge is 0.141 e. The molecule has 2 fully saturated rings. The van der Waals surface area contributed by atoms with Gasteiger partial charge in [0.15, 0.2) is 0 Å². The zero-order chi connectivity index (χ0) is 15.5. The second-order valence-corrected chi connectivity index (χ2v) is 7.94. The number of methoxy groups -OCH3 is 1. The van der Waals surface area contributed by atoms with E-state index in [4.69, 9.17) is 4.74 Å². The van der Waals surface area contributed by atoms with Crippen LogP contribution in [-0.2, 0) is 11.2 Å². The van der Waals surface area contributed by atoms with Crippen LogP contribution in [0.25, 0.3) is 0 Å². The van der Waals surface area contributed by atoms with Gasteiger partial charge in [0.05, 0.1) is 7.11 Å². The normalized spacial score (nSPS) is 39.9. The minimum atomic E-state index is -0.0371. The molecule has 0 aliphatic heterocycles. The van der Waals surface area contributed by atoms with Gasteiger partial charge in [0, 0.05) is 11.3 Å². The summed E-state index contributed by atoms with van der Waals surface area (Å²) in [6, 6.07) is 6.62. The molecule has 118 valence electrons. The van der Waals surface area contributed by atoms with Crippen molar-refractivity contribution >= 4 is 5.78 Å². The van der Waals surface area contributed by atoms with Gasteiger partial charge in [0.1, 0.15) is 11.5 Å². The van der Waals surface area contributed by atoms with Crippen LogP contribution >= 0.6 is 0 Å². The second-order valence-electron chi connectivity index (χ2n) is 7.94. The molecule has 3 aliphatic rings. The molecule has 2 nitrogen and oxygen atoms in total. The Morgan fingerprint density at radius 3 is 2.86 bits per heavy atom. The molecule has 0 unspecified atom stereocenters. The summed E-state index contributed by atoms with van der Waals surface area (Å²) in [5.74, 6) is 3.74. The van der Waals surface area contributed by atoms with Crippen LogP contribution in [0.3, 0.4) is 0 Å². The number of fused-ring (bicyclic) bond motifs is 5. The van der Waals surface area contributed by atoms with Crippen LogP contribution in [0.2, 0.25) is 0 Å². The molecule has 1 aromatic rings. The van der Waals surface area contributed by atoms with E-state index in [9.17, 15) is 4.79 Å². The standard InChI is InChI=1S/C20H26O2/c1-12-10-18-17-6-4-13-11-14(22-3)5-7-15(13)16(17)8-9-20(18,2)19(12)21/h5,7,11-12,16-18H,4,6,8-10H2,1-3H3/t12-,16-,17-,18+,20+/m1/s1. The fourth-order valence-corrected chi connectivity index (χ4v) is 5.80. The van der Waals surface area contributed by atoms with Crippen molar-refractivity contribution in [1.29, 1.82) is 0 Å². The van der Waals surface area contributed by atoms with Crippen LogP contribution in [0.4, 0.5) is 0 Å². The van der Waals surface area contributed by atoms with Crippen molar-refractivity contribution in [3.63, 3.8) is 0 Å². The number of rotatable bonds is 1. The molecular weight excluding hydrogens is 272 g/mol. The molecule has 0 N–H and O–H groups in total. The summed E-state index contributed by atoms with van der Waals surface area (Å²) in [5.41, 5.74) is 2.97. The molecular formula is C20H26O2. The van der Waals surface area contributed by atoms with E-state index in [1.54, 1.807) is 7.11 Å². The van der Waals surface area contributed by atoms with Gasteiger partial charge in [-0.1, -0.05) is 19.9 Å². The van der Waals surface area contributed by atoms with Gasteiger partial charge in [-0.15, -0.1) is 0 Å². The first-order valence-electron chi connectivity index (χ1n) is 8.75. The highest BCUT2D eigenvalue weighted by Gasteiger charge is 2.56. The third-order valence-electron chi connectivity index (χ3n) is 6.94. The number of hydrogen-bond donors (Lipinski definition) is 0. The molecule has 2 saturated carbocycles. The maximum absolute atomic E-state index is 12.6. The van der Waals surface area contributed by atoms with Gasteiger partial charge in [-0.25, -0.2) is 0 Å². The van der Waals surface area contributed by atoms with E-state index >= 15 is 0 Å². The number of hydrogen-bond acceptors (Lipinski definition) is 2. The van der Waals surface area contributed by atoms with Crippen LogP contribution in [0.1, 0.15) is 56.6 Å². The molecule has 22 heavy (non-hydrogen) atoms. The molecule has 0 amide bonds. The number of carbonyl (C=O) groups excluding carboxylic acids is 1. The highest BCUT2D eigenvalue weighted by molar-refractivity contribution is 5.89. The summed E-state index contributed by atoms with van der Waals surface area (Å²) in [6.07, 6.45) is 5.75. The van der Waals surface area contributed by atoms with Gasteiger partial charge in [-0.2, -0.15) is 0 Å². The van der Waals surface area contributed by atoms with Crippen LogP contribution in [0, 0.1) is 23.2 Å². The van der Waals surface area contributed by atoms with Crippen LogP contribution in [-0.4, -0.2) is 12.9 Å². The molecule has 4 rings (SSSR count). The number of benzene rings is 1. The number of ether oxygens (including phenoxy) is 1. The van der Waals surface area contributed by atoms with Crippen molar-refractivity contribution in [3.8, 4) is 5.75 Å². The van der Waals surface area contributed by atoms with Crippen molar-refractivity contribution in [2.75, 3.05) is 7.11 Å². The zero-order valence-electron chi connectivity index (χ0n) is 13.9. The summed E-state index contributed by atoms with van der Waals surface area (Å²) in [6.45, 7) is 4.39. The minimum absolute atomic E-state index is 0.0371. The van der Waals surface area contributed by atoms with Crippen molar-refractivity contribution < 1.29 is 9.53 Å². The molecule has 2 heteroatoms. The Morgan fingerprint density at radius 1 is 1.27 bits per heavy atom. The first-order valence-corrected chi connectivity index (χ1v) is 8.75. The molecule has 0 saturated heterocycles. The summed E-state index contributed by atoms with van der Waals surface area (Å²) in [4.78, 5) is 12.6. The maximum Gasteiger partial charge on any atom is 0.141 e. The van der Waals surface area contributed by atoms with Crippen molar-refractivity contribution in [2.24, 2.45) is 23.2 Å². The van der Waals surface area contributed by atoms with Gasteiger partial charge in [-0.05, 0) is 73.1 Å². The Bertz CT molecular complexity index is 620. The SMILES string of the molecule is COc1ccc2c(c1)CC[C@@H]1[C@@H]2CC[C@]2(C)C(=O)[C@H](C)C[C@@H]12. The third kappa shape index (κ3) is 1.82. The molecule has 0 heterocycles. The van der Waals surface area contributed by atoms with E-state index in [1.165, 1.54) is 24.0 Å². The number of carbonyl (C=O) groups is 1. The monoisotopic (exact) mass is 298 g/mol. The lowest BCUT2D eigenvalue weighted by Gasteiger charge is -2.48. The number of aryl methyl sites for hydroxylation is 1. The largest absolute Gasteiger partial charge is 0.497 e. The lowest BCUT2D eigenvalue weighted by molar-refractivity contribution is -0.131. The average molecular weight is 298 g/mol. The van der Waals surface area contributed by atoms with Gasteiger partial charge in [0.25, 0.3) is 0 Å². The van der Waals surface area contributed by atoms with E-state index in [0.717, 1.165) is 25.0 Å². The highest BCUT2D eigenvalue weighted by Crippen LogP contribution is 2.60. The van der Waals surface area contributed by atoms with E-state index in [2.05, 4.69) is 32.0 Å². The van der Waals surface area contributed by atoms with Gasteiger partial charge in [-0.3, -0.25) is 4.79 Å². The van der Waals surface area contributed by atoms with E-state index in [1.807, 2.05) is 0 Å². The zero-order valence-corrected chi connectivity index (χ0v) is 13.9. The summed E-state index contributed by atoms with van der Waals surface area (Å²) in [5, 5.41) is 0. The number of Topliss-reactive ketones (excluding diaryl/α,β-unsaturated/α-hetero) is 1. The molecule has 3 aliphatic carbocycles. The average Bonchev–Trinajstić information content (AvgIpc) is 2.77. The number of ketones is 1. The van der Waals surface area contributed by atoms with Crippen LogP contribution < -0.4 is 4.74 Å². The lowest BCUT2D eigenvalue weighted by atomic mass is 9.55. The van der Waals surface area contributed by atoms with Crippen molar-refractivity contribution in [3.05, 3.63) is 29.3 Å². The Labute approximate surface area is 133 Å². The van der Waals surface area contributed by atoms with Crippen molar-refractivity contribution in [1.82, 2.24) is 0 Å². The van der Waals surface area contributed by atoms with E-state index in [0.29, 0.717) is 23.5 Å². The molecule has 0 radical (unpaired) electrons. The highest BCUT2D eigenvalue weighted by atomic mass is 16.5. The maximum atomic E-state index is 12.6. The summed E-state index contributed by atoms with van der Waals surface area (Å²) in [7, 11) is 1.74.